The van der Waals surface area contributed by atoms with Crippen molar-refractivity contribution in [3.63, 3.8) is 0 Å². The molecule has 0 radical (unpaired) electrons. The minimum atomic E-state index is -0.343. The molecule has 134 valence electrons. The van der Waals surface area contributed by atoms with E-state index in [1.807, 2.05) is 6.07 Å². The Kier molecular flexibility index (Phi) is 6.45. The Labute approximate surface area is 159 Å². The minimum absolute atomic E-state index is 0.106. The third-order valence-electron chi connectivity index (χ3n) is 4.85. The summed E-state index contributed by atoms with van der Waals surface area (Å²) in [7, 11) is 0. The third-order valence-corrected chi connectivity index (χ3v) is 6.74. The monoisotopic (exact) mass is 376 g/mol. The molecular weight excluding hydrogens is 352 g/mol. The Morgan fingerprint density at radius 3 is 2.48 bits per heavy atom. The van der Waals surface area contributed by atoms with E-state index in [1.165, 1.54) is 16.7 Å². The summed E-state index contributed by atoms with van der Waals surface area (Å²) >= 11 is 8.19. The number of hydrogen-bond donors (Lipinski definition) is 2. The SMILES string of the molecule is CCc1ccc(Cc2cc([C@H]3C[C@@H](O)C[C@@H](CO)S3)ccc2Cl)cc1. The zero-order valence-corrected chi connectivity index (χ0v) is 16.1. The molecule has 0 spiro atoms. The summed E-state index contributed by atoms with van der Waals surface area (Å²) in [5, 5.41) is 20.7. The number of rotatable bonds is 5. The molecule has 1 fully saturated rings. The quantitative estimate of drug-likeness (QED) is 0.788. The molecule has 3 atom stereocenters. The van der Waals surface area contributed by atoms with Crippen molar-refractivity contribution in [1.29, 1.82) is 0 Å². The molecule has 0 aliphatic carbocycles. The van der Waals surface area contributed by atoms with Crippen LogP contribution in [-0.2, 0) is 12.8 Å². The molecule has 2 N–H and O–H groups in total. The molecule has 2 aromatic rings. The number of benzene rings is 2. The summed E-state index contributed by atoms with van der Waals surface area (Å²) in [6.07, 6.45) is 2.91. The van der Waals surface area contributed by atoms with Gasteiger partial charge in [-0.25, -0.2) is 0 Å². The summed E-state index contributed by atoms with van der Waals surface area (Å²) < 4.78 is 0. The lowest BCUT2D eigenvalue weighted by atomic mass is 9.97. The zero-order valence-electron chi connectivity index (χ0n) is 14.5. The van der Waals surface area contributed by atoms with Gasteiger partial charge in [0.2, 0.25) is 0 Å². The molecule has 1 aliphatic heterocycles. The molecule has 2 nitrogen and oxygen atoms in total. The molecule has 0 unspecified atom stereocenters. The molecule has 4 heteroatoms. The highest BCUT2D eigenvalue weighted by atomic mass is 35.5. The van der Waals surface area contributed by atoms with E-state index in [1.54, 1.807) is 11.8 Å². The topological polar surface area (TPSA) is 40.5 Å². The first kappa shape index (κ1) is 18.8. The van der Waals surface area contributed by atoms with Crippen LogP contribution in [0.1, 0.15) is 47.3 Å². The molecule has 0 amide bonds. The predicted molar refractivity (Wildman–Crippen MR) is 107 cm³/mol. The van der Waals surface area contributed by atoms with Gasteiger partial charge >= 0.3 is 0 Å². The number of aryl methyl sites for hydroxylation is 1. The van der Waals surface area contributed by atoms with E-state index in [9.17, 15) is 10.2 Å². The number of thioether (sulfide) groups is 1. The maximum atomic E-state index is 10.1. The number of aliphatic hydroxyl groups excluding tert-OH is 2. The molecule has 0 saturated carbocycles. The van der Waals surface area contributed by atoms with Gasteiger partial charge in [0.05, 0.1) is 12.7 Å². The van der Waals surface area contributed by atoms with Gasteiger partial charge in [-0.2, -0.15) is 0 Å². The van der Waals surface area contributed by atoms with E-state index in [2.05, 4.69) is 43.3 Å². The smallest absolute Gasteiger partial charge is 0.0565 e. The van der Waals surface area contributed by atoms with Gasteiger partial charge in [0, 0.05) is 15.5 Å². The summed E-state index contributed by atoms with van der Waals surface area (Å²) in [4.78, 5) is 0. The molecule has 1 saturated heterocycles. The Bertz CT molecular complexity index is 702. The van der Waals surface area contributed by atoms with Gasteiger partial charge in [-0.05, 0) is 54.0 Å². The first-order valence-electron chi connectivity index (χ1n) is 8.89. The Hall–Kier alpha value is -1.00. The van der Waals surface area contributed by atoms with E-state index in [4.69, 9.17) is 11.6 Å². The first-order chi connectivity index (χ1) is 12.1. The van der Waals surface area contributed by atoms with Crippen LogP contribution in [0.5, 0.6) is 0 Å². The minimum Gasteiger partial charge on any atom is -0.395 e. The second kappa shape index (κ2) is 8.59. The van der Waals surface area contributed by atoms with E-state index >= 15 is 0 Å². The maximum Gasteiger partial charge on any atom is 0.0565 e. The number of hydrogen-bond acceptors (Lipinski definition) is 3. The average Bonchev–Trinajstić information content (AvgIpc) is 2.63. The molecular formula is C21H25ClO2S. The van der Waals surface area contributed by atoms with E-state index in [-0.39, 0.29) is 23.2 Å². The van der Waals surface area contributed by atoms with Gasteiger partial charge < -0.3 is 10.2 Å². The van der Waals surface area contributed by atoms with Crippen LogP contribution in [-0.4, -0.2) is 28.2 Å². The average molecular weight is 377 g/mol. The van der Waals surface area contributed by atoms with Crippen molar-refractivity contribution in [3.05, 3.63) is 69.7 Å². The lowest BCUT2D eigenvalue weighted by molar-refractivity contribution is 0.137. The normalized spacial score (nSPS) is 23.6. The molecule has 3 rings (SSSR count). The lowest BCUT2D eigenvalue weighted by Crippen LogP contribution is -2.26. The van der Waals surface area contributed by atoms with E-state index in [0.717, 1.165) is 29.8 Å². The van der Waals surface area contributed by atoms with Crippen molar-refractivity contribution in [3.8, 4) is 0 Å². The molecule has 25 heavy (non-hydrogen) atoms. The van der Waals surface area contributed by atoms with Crippen molar-refractivity contribution in [2.75, 3.05) is 6.61 Å². The summed E-state index contributed by atoms with van der Waals surface area (Å²) in [6.45, 7) is 2.27. The Balaban J connectivity index is 1.79. The number of aliphatic hydroxyl groups is 2. The largest absolute Gasteiger partial charge is 0.395 e. The van der Waals surface area contributed by atoms with E-state index < -0.39 is 0 Å². The fraction of sp³-hybridized carbons (Fsp3) is 0.429. The summed E-state index contributed by atoms with van der Waals surface area (Å²) in [5.41, 5.74) is 4.89. The van der Waals surface area contributed by atoms with Crippen LogP contribution < -0.4 is 0 Å². The van der Waals surface area contributed by atoms with Gasteiger partial charge in [-0.3, -0.25) is 0 Å². The van der Waals surface area contributed by atoms with Gasteiger partial charge in [-0.1, -0.05) is 54.9 Å². The summed E-state index contributed by atoms with van der Waals surface area (Å²) in [6, 6.07) is 14.9. The van der Waals surface area contributed by atoms with Gasteiger partial charge in [0.15, 0.2) is 0 Å². The van der Waals surface area contributed by atoms with Crippen LogP contribution >= 0.6 is 23.4 Å². The highest BCUT2D eigenvalue weighted by Crippen LogP contribution is 2.43. The second-order valence-corrected chi connectivity index (χ2v) is 8.67. The lowest BCUT2D eigenvalue weighted by Gasteiger charge is -2.31. The van der Waals surface area contributed by atoms with Crippen LogP contribution in [0, 0.1) is 0 Å². The van der Waals surface area contributed by atoms with Gasteiger partial charge in [0.25, 0.3) is 0 Å². The van der Waals surface area contributed by atoms with Crippen molar-refractivity contribution in [1.82, 2.24) is 0 Å². The van der Waals surface area contributed by atoms with Crippen LogP contribution in [0.3, 0.4) is 0 Å². The third kappa shape index (κ3) is 4.79. The van der Waals surface area contributed by atoms with Crippen molar-refractivity contribution >= 4 is 23.4 Å². The standard InChI is InChI=1S/C21H25ClO2S/c1-2-14-3-5-15(6-4-14)9-17-10-16(7-8-20(17)22)21-12-18(24)11-19(13-23)25-21/h3-8,10,18-19,21,23-24H,2,9,11-13H2,1H3/t18-,19-,21+/m0/s1. The molecule has 2 aromatic carbocycles. The van der Waals surface area contributed by atoms with Crippen LogP contribution in [0.4, 0.5) is 0 Å². The van der Waals surface area contributed by atoms with Crippen LogP contribution in [0.2, 0.25) is 5.02 Å². The van der Waals surface area contributed by atoms with Crippen LogP contribution in [0.15, 0.2) is 42.5 Å². The predicted octanol–water partition coefficient (Wildman–Crippen LogP) is 4.78. The van der Waals surface area contributed by atoms with Crippen LogP contribution in [0.25, 0.3) is 0 Å². The maximum absolute atomic E-state index is 10.1. The second-order valence-electron chi connectivity index (χ2n) is 6.75. The molecule has 1 heterocycles. The first-order valence-corrected chi connectivity index (χ1v) is 10.2. The fourth-order valence-electron chi connectivity index (χ4n) is 3.37. The molecule has 1 aliphatic rings. The number of halogens is 1. The van der Waals surface area contributed by atoms with E-state index in [0.29, 0.717) is 6.42 Å². The fourth-order valence-corrected chi connectivity index (χ4v) is 5.07. The highest BCUT2D eigenvalue weighted by Gasteiger charge is 2.29. The van der Waals surface area contributed by atoms with Crippen molar-refractivity contribution in [2.45, 2.75) is 49.2 Å². The summed E-state index contributed by atoms with van der Waals surface area (Å²) in [5.74, 6) is 0. The van der Waals surface area contributed by atoms with Crippen molar-refractivity contribution in [2.24, 2.45) is 0 Å². The van der Waals surface area contributed by atoms with Gasteiger partial charge in [-0.15, -0.1) is 11.8 Å². The molecule has 0 aromatic heterocycles. The highest BCUT2D eigenvalue weighted by molar-refractivity contribution is 8.00. The zero-order chi connectivity index (χ0) is 17.8. The molecule has 0 bridgehead atoms. The Morgan fingerprint density at radius 2 is 1.80 bits per heavy atom. The Morgan fingerprint density at radius 1 is 1.08 bits per heavy atom. The van der Waals surface area contributed by atoms with Gasteiger partial charge in [0.1, 0.15) is 0 Å². The van der Waals surface area contributed by atoms with Crippen molar-refractivity contribution < 1.29 is 10.2 Å².